The van der Waals surface area contributed by atoms with Crippen molar-refractivity contribution in [2.24, 2.45) is 5.92 Å². The lowest BCUT2D eigenvalue weighted by Crippen LogP contribution is -2.25. The molecule has 1 fully saturated rings. The molecule has 1 saturated carbocycles. The van der Waals surface area contributed by atoms with E-state index in [9.17, 15) is 0 Å². The first-order valence-electron chi connectivity index (χ1n) is 5.38. The standard InChI is InChI=1S/C11H18N2S/c1-8(5-10-3-4-10)12-6-11-9(2)13-7-14-11/h7-8,10,12H,3-6H2,1-2H3. The van der Waals surface area contributed by atoms with Crippen LogP contribution in [0.25, 0.3) is 0 Å². The maximum atomic E-state index is 4.25. The van der Waals surface area contributed by atoms with Crippen molar-refractivity contribution in [3.8, 4) is 0 Å². The molecule has 14 heavy (non-hydrogen) atoms. The topological polar surface area (TPSA) is 24.9 Å². The Bertz CT molecular complexity index is 291. The van der Waals surface area contributed by atoms with Gasteiger partial charge in [-0.25, -0.2) is 4.98 Å². The van der Waals surface area contributed by atoms with Gasteiger partial charge in [-0.1, -0.05) is 12.8 Å². The minimum Gasteiger partial charge on any atom is -0.309 e. The maximum absolute atomic E-state index is 4.25. The van der Waals surface area contributed by atoms with Crippen LogP contribution >= 0.6 is 11.3 Å². The van der Waals surface area contributed by atoms with E-state index >= 15 is 0 Å². The van der Waals surface area contributed by atoms with E-state index in [1.807, 2.05) is 5.51 Å². The Hall–Kier alpha value is -0.410. The van der Waals surface area contributed by atoms with Gasteiger partial charge in [0.15, 0.2) is 0 Å². The fourth-order valence-electron chi connectivity index (χ4n) is 1.70. The van der Waals surface area contributed by atoms with Crippen molar-refractivity contribution in [3.05, 3.63) is 16.1 Å². The molecule has 2 nitrogen and oxygen atoms in total. The van der Waals surface area contributed by atoms with Gasteiger partial charge >= 0.3 is 0 Å². The molecule has 0 aliphatic heterocycles. The van der Waals surface area contributed by atoms with E-state index in [1.165, 1.54) is 29.8 Å². The van der Waals surface area contributed by atoms with Crippen LogP contribution in [-0.2, 0) is 6.54 Å². The third kappa shape index (κ3) is 2.79. The SMILES string of the molecule is Cc1ncsc1CNC(C)CC1CC1. The van der Waals surface area contributed by atoms with Gasteiger partial charge in [-0.05, 0) is 26.2 Å². The van der Waals surface area contributed by atoms with Gasteiger partial charge in [0.05, 0.1) is 11.2 Å². The number of thiazole rings is 1. The molecular formula is C11H18N2S. The Morgan fingerprint density at radius 1 is 1.64 bits per heavy atom. The lowest BCUT2D eigenvalue weighted by Gasteiger charge is -2.12. The Morgan fingerprint density at radius 3 is 3.00 bits per heavy atom. The molecule has 1 aliphatic rings. The second kappa shape index (κ2) is 4.41. The van der Waals surface area contributed by atoms with Crippen molar-refractivity contribution in [1.82, 2.24) is 10.3 Å². The smallest absolute Gasteiger partial charge is 0.0798 e. The van der Waals surface area contributed by atoms with Crippen LogP contribution in [0.4, 0.5) is 0 Å². The fourth-order valence-corrected chi connectivity index (χ4v) is 2.43. The number of hydrogen-bond donors (Lipinski definition) is 1. The van der Waals surface area contributed by atoms with Crippen LogP contribution in [0.5, 0.6) is 0 Å². The van der Waals surface area contributed by atoms with E-state index in [4.69, 9.17) is 0 Å². The lowest BCUT2D eigenvalue weighted by atomic mass is 10.1. The number of aryl methyl sites for hydroxylation is 1. The molecule has 0 radical (unpaired) electrons. The number of nitrogens with one attached hydrogen (secondary N) is 1. The summed E-state index contributed by atoms with van der Waals surface area (Å²) in [6.07, 6.45) is 4.25. The molecular weight excluding hydrogens is 192 g/mol. The quantitative estimate of drug-likeness (QED) is 0.808. The summed E-state index contributed by atoms with van der Waals surface area (Å²) >= 11 is 1.75. The summed E-state index contributed by atoms with van der Waals surface area (Å²) in [5.41, 5.74) is 3.11. The third-order valence-corrected chi connectivity index (χ3v) is 3.77. The molecule has 0 spiro atoms. The molecule has 0 amide bonds. The first-order chi connectivity index (χ1) is 6.75. The molecule has 1 aromatic rings. The van der Waals surface area contributed by atoms with Crippen LogP contribution in [0.3, 0.4) is 0 Å². The first kappa shape index (κ1) is 10.1. The number of aromatic nitrogens is 1. The van der Waals surface area contributed by atoms with Gasteiger partial charge in [-0.2, -0.15) is 0 Å². The molecule has 2 rings (SSSR count). The molecule has 78 valence electrons. The van der Waals surface area contributed by atoms with Crippen LogP contribution < -0.4 is 5.32 Å². The van der Waals surface area contributed by atoms with Gasteiger partial charge in [0.2, 0.25) is 0 Å². The maximum Gasteiger partial charge on any atom is 0.0798 e. The highest BCUT2D eigenvalue weighted by molar-refractivity contribution is 7.09. The molecule has 1 N–H and O–H groups in total. The highest BCUT2D eigenvalue weighted by Gasteiger charge is 2.23. The van der Waals surface area contributed by atoms with Gasteiger partial charge in [-0.3, -0.25) is 0 Å². The molecule has 1 aromatic heterocycles. The third-order valence-electron chi connectivity index (χ3n) is 2.84. The fraction of sp³-hybridized carbons (Fsp3) is 0.727. The molecule has 1 aliphatic carbocycles. The molecule has 1 unspecified atom stereocenters. The second-order valence-corrected chi connectivity index (χ2v) is 5.26. The predicted octanol–water partition coefficient (Wildman–Crippen LogP) is 2.73. The predicted molar refractivity (Wildman–Crippen MR) is 60.5 cm³/mol. The van der Waals surface area contributed by atoms with E-state index in [2.05, 4.69) is 24.1 Å². The van der Waals surface area contributed by atoms with Crippen LogP contribution in [0.15, 0.2) is 5.51 Å². The second-order valence-electron chi connectivity index (χ2n) is 4.32. The van der Waals surface area contributed by atoms with Gasteiger partial charge in [0.25, 0.3) is 0 Å². The number of nitrogens with zero attached hydrogens (tertiary/aromatic N) is 1. The summed E-state index contributed by atoms with van der Waals surface area (Å²) in [5.74, 6) is 1.01. The summed E-state index contributed by atoms with van der Waals surface area (Å²) in [6.45, 7) is 5.36. The highest BCUT2D eigenvalue weighted by atomic mass is 32.1. The Balaban J connectivity index is 1.73. The van der Waals surface area contributed by atoms with Crippen LogP contribution in [0, 0.1) is 12.8 Å². The van der Waals surface area contributed by atoms with E-state index in [0.717, 1.165) is 12.5 Å². The Morgan fingerprint density at radius 2 is 2.43 bits per heavy atom. The zero-order valence-corrected chi connectivity index (χ0v) is 9.73. The van der Waals surface area contributed by atoms with E-state index < -0.39 is 0 Å². The van der Waals surface area contributed by atoms with Crippen molar-refractivity contribution in [1.29, 1.82) is 0 Å². The lowest BCUT2D eigenvalue weighted by molar-refractivity contribution is 0.489. The van der Waals surface area contributed by atoms with Gasteiger partial charge in [-0.15, -0.1) is 11.3 Å². The average Bonchev–Trinajstić information content (AvgIpc) is 2.86. The molecule has 3 heteroatoms. The van der Waals surface area contributed by atoms with Crippen molar-refractivity contribution >= 4 is 11.3 Å². The summed E-state index contributed by atoms with van der Waals surface area (Å²) in [5, 5.41) is 3.57. The van der Waals surface area contributed by atoms with Crippen molar-refractivity contribution in [2.45, 2.75) is 45.7 Å². The van der Waals surface area contributed by atoms with E-state index in [0.29, 0.717) is 6.04 Å². The largest absolute Gasteiger partial charge is 0.309 e. The summed E-state index contributed by atoms with van der Waals surface area (Å²) < 4.78 is 0. The monoisotopic (exact) mass is 210 g/mol. The molecule has 0 saturated heterocycles. The van der Waals surface area contributed by atoms with Gasteiger partial charge in [0.1, 0.15) is 0 Å². The molecule has 0 bridgehead atoms. The van der Waals surface area contributed by atoms with E-state index in [1.54, 1.807) is 11.3 Å². The molecule has 1 heterocycles. The normalized spacial score (nSPS) is 18.4. The highest BCUT2D eigenvalue weighted by Crippen LogP contribution is 2.33. The van der Waals surface area contributed by atoms with Crippen molar-refractivity contribution < 1.29 is 0 Å². The van der Waals surface area contributed by atoms with E-state index in [-0.39, 0.29) is 0 Å². The summed E-state index contributed by atoms with van der Waals surface area (Å²) in [4.78, 5) is 5.63. The summed E-state index contributed by atoms with van der Waals surface area (Å²) in [7, 11) is 0. The molecule has 1 atom stereocenters. The number of rotatable bonds is 5. The Kier molecular flexibility index (Phi) is 3.19. The zero-order chi connectivity index (χ0) is 9.97. The van der Waals surface area contributed by atoms with Crippen LogP contribution in [0.1, 0.15) is 36.8 Å². The first-order valence-corrected chi connectivity index (χ1v) is 6.26. The Labute approximate surface area is 89.8 Å². The van der Waals surface area contributed by atoms with Crippen molar-refractivity contribution in [3.63, 3.8) is 0 Å². The average molecular weight is 210 g/mol. The number of hydrogen-bond acceptors (Lipinski definition) is 3. The minimum absolute atomic E-state index is 0.656. The van der Waals surface area contributed by atoms with Gasteiger partial charge in [0, 0.05) is 17.5 Å². The van der Waals surface area contributed by atoms with Gasteiger partial charge < -0.3 is 5.32 Å². The molecule has 0 aromatic carbocycles. The summed E-state index contributed by atoms with van der Waals surface area (Å²) in [6, 6.07) is 0.656. The zero-order valence-electron chi connectivity index (χ0n) is 8.92. The van der Waals surface area contributed by atoms with Crippen molar-refractivity contribution in [2.75, 3.05) is 0 Å². The van der Waals surface area contributed by atoms with Crippen LogP contribution in [-0.4, -0.2) is 11.0 Å². The van der Waals surface area contributed by atoms with Crippen LogP contribution in [0.2, 0.25) is 0 Å². The minimum atomic E-state index is 0.656.